The molecule has 0 unspecified atom stereocenters. The molecule has 2 amide bonds. The molecule has 1 heterocycles. The van der Waals surface area contributed by atoms with Crippen molar-refractivity contribution in [3.05, 3.63) is 83.0 Å². The first-order valence-corrected chi connectivity index (χ1v) is 9.68. The Kier molecular flexibility index (Phi) is 6.77. The molecule has 2 aromatic carbocycles. The van der Waals surface area contributed by atoms with Crippen molar-refractivity contribution in [2.45, 2.75) is 20.0 Å². The number of benzene rings is 2. The Morgan fingerprint density at radius 2 is 1.66 bits per heavy atom. The summed E-state index contributed by atoms with van der Waals surface area (Å²) in [5.41, 5.74) is 1.85. The molecule has 0 aliphatic rings. The van der Waals surface area contributed by atoms with Crippen LogP contribution in [0.1, 0.15) is 27.0 Å². The van der Waals surface area contributed by atoms with Gasteiger partial charge < -0.3 is 16.0 Å². The number of carbonyl (C=O) groups is 2. The third-order valence-corrected chi connectivity index (χ3v) is 4.66. The zero-order chi connectivity index (χ0) is 23.3. The van der Waals surface area contributed by atoms with Crippen molar-refractivity contribution in [1.29, 1.82) is 0 Å². The lowest BCUT2D eigenvalue weighted by Gasteiger charge is -2.14. The number of anilines is 3. The number of hydrogen-bond donors (Lipinski definition) is 3. The summed E-state index contributed by atoms with van der Waals surface area (Å²) in [7, 11) is 0. The predicted octanol–water partition coefficient (Wildman–Crippen LogP) is 4.83. The highest BCUT2D eigenvalue weighted by atomic mass is 19.4. The Hall–Kier alpha value is -3.88. The van der Waals surface area contributed by atoms with E-state index in [2.05, 4.69) is 20.9 Å². The topological polar surface area (TPSA) is 83.1 Å². The number of hydrogen-bond acceptors (Lipinski definition) is 4. The van der Waals surface area contributed by atoms with E-state index < -0.39 is 23.6 Å². The number of halogens is 3. The van der Waals surface area contributed by atoms with Gasteiger partial charge >= 0.3 is 6.18 Å². The van der Waals surface area contributed by atoms with Gasteiger partial charge in [0, 0.05) is 17.6 Å². The molecule has 6 nitrogen and oxygen atoms in total. The molecule has 0 fully saturated rings. The van der Waals surface area contributed by atoms with E-state index in [4.69, 9.17) is 0 Å². The van der Waals surface area contributed by atoms with E-state index in [1.807, 2.05) is 32.0 Å². The highest BCUT2D eigenvalue weighted by molar-refractivity contribution is 6.02. The summed E-state index contributed by atoms with van der Waals surface area (Å²) in [6, 6.07) is 13.1. The summed E-state index contributed by atoms with van der Waals surface area (Å²) >= 11 is 0. The zero-order valence-corrected chi connectivity index (χ0v) is 17.4. The summed E-state index contributed by atoms with van der Waals surface area (Å²) in [6.07, 6.45) is -3.09. The molecule has 166 valence electrons. The van der Waals surface area contributed by atoms with E-state index in [-0.39, 0.29) is 23.6 Å². The van der Waals surface area contributed by atoms with Crippen LogP contribution in [0.3, 0.4) is 0 Å². The normalized spacial score (nSPS) is 11.0. The molecule has 3 aromatic rings. The molecule has 1 aromatic heterocycles. The molecule has 0 spiro atoms. The van der Waals surface area contributed by atoms with Gasteiger partial charge in [0.15, 0.2) is 0 Å². The fourth-order valence-corrected chi connectivity index (χ4v) is 3.05. The lowest BCUT2D eigenvalue weighted by atomic mass is 10.1. The summed E-state index contributed by atoms with van der Waals surface area (Å²) in [5.74, 6) is -0.934. The Morgan fingerprint density at radius 3 is 2.34 bits per heavy atom. The first kappa shape index (κ1) is 22.8. The van der Waals surface area contributed by atoms with Crippen molar-refractivity contribution in [3.63, 3.8) is 0 Å². The minimum atomic E-state index is -4.50. The SMILES string of the molecule is Cc1cccc(C)c1NC(=O)CNC(=O)c1cccnc1Nc1cccc(C(F)(F)F)c1. The standard InChI is InChI=1S/C23H21F3N4O2/c1-14-6-3-7-15(2)20(14)30-19(31)13-28-22(32)18-10-5-11-27-21(18)29-17-9-4-8-16(12-17)23(24,25)26/h3-12H,13H2,1-2H3,(H,27,29)(H,28,32)(H,30,31). The van der Waals surface area contributed by atoms with Crippen molar-refractivity contribution >= 4 is 29.0 Å². The van der Waals surface area contributed by atoms with E-state index in [9.17, 15) is 22.8 Å². The number of carbonyl (C=O) groups excluding carboxylic acids is 2. The quantitative estimate of drug-likeness (QED) is 0.511. The molecule has 32 heavy (non-hydrogen) atoms. The van der Waals surface area contributed by atoms with Crippen LogP contribution in [-0.2, 0) is 11.0 Å². The van der Waals surface area contributed by atoms with Crippen molar-refractivity contribution in [2.24, 2.45) is 0 Å². The van der Waals surface area contributed by atoms with Crippen LogP contribution in [0.25, 0.3) is 0 Å². The Bertz CT molecular complexity index is 1130. The van der Waals surface area contributed by atoms with E-state index in [1.54, 1.807) is 0 Å². The number of aromatic nitrogens is 1. The van der Waals surface area contributed by atoms with Gasteiger partial charge in [-0.3, -0.25) is 9.59 Å². The van der Waals surface area contributed by atoms with Gasteiger partial charge in [-0.25, -0.2) is 4.98 Å². The molecule has 0 radical (unpaired) electrons. The molecule has 9 heteroatoms. The Morgan fingerprint density at radius 1 is 0.969 bits per heavy atom. The lowest BCUT2D eigenvalue weighted by molar-refractivity contribution is -0.137. The van der Waals surface area contributed by atoms with Gasteiger partial charge in [0.2, 0.25) is 5.91 Å². The van der Waals surface area contributed by atoms with Gasteiger partial charge in [-0.05, 0) is 55.3 Å². The molecule has 0 aliphatic carbocycles. The second kappa shape index (κ2) is 9.51. The van der Waals surface area contributed by atoms with Gasteiger partial charge in [-0.2, -0.15) is 13.2 Å². The maximum atomic E-state index is 13.0. The largest absolute Gasteiger partial charge is 0.416 e. The molecular weight excluding hydrogens is 421 g/mol. The lowest BCUT2D eigenvalue weighted by Crippen LogP contribution is -2.33. The van der Waals surface area contributed by atoms with Gasteiger partial charge in [0.1, 0.15) is 5.82 Å². The van der Waals surface area contributed by atoms with Gasteiger partial charge in [0.25, 0.3) is 5.91 Å². The summed E-state index contributed by atoms with van der Waals surface area (Å²) < 4.78 is 38.9. The van der Waals surface area contributed by atoms with Crippen LogP contribution < -0.4 is 16.0 Å². The zero-order valence-electron chi connectivity index (χ0n) is 17.4. The van der Waals surface area contributed by atoms with Gasteiger partial charge in [-0.1, -0.05) is 24.3 Å². The first-order valence-electron chi connectivity index (χ1n) is 9.68. The second-order valence-electron chi connectivity index (χ2n) is 7.10. The highest BCUT2D eigenvalue weighted by Crippen LogP contribution is 2.31. The van der Waals surface area contributed by atoms with Crippen LogP contribution in [-0.4, -0.2) is 23.3 Å². The molecular formula is C23H21F3N4O2. The first-order chi connectivity index (χ1) is 15.1. The van der Waals surface area contributed by atoms with Gasteiger partial charge in [0.05, 0.1) is 17.7 Å². The summed E-state index contributed by atoms with van der Waals surface area (Å²) in [5, 5.41) is 8.01. The number of rotatable bonds is 6. The Labute approximate surface area is 182 Å². The molecule has 0 saturated heterocycles. The third kappa shape index (κ3) is 5.63. The fourth-order valence-electron chi connectivity index (χ4n) is 3.05. The number of nitrogens with zero attached hydrogens (tertiary/aromatic N) is 1. The summed E-state index contributed by atoms with van der Waals surface area (Å²) in [4.78, 5) is 29.0. The monoisotopic (exact) mass is 442 g/mol. The van der Waals surface area contributed by atoms with Crippen LogP contribution in [0.15, 0.2) is 60.8 Å². The predicted molar refractivity (Wildman–Crippen MR) is 116 cm³/mol. The molecule has 0 aliphatic heterocycles. The Balaban J connectivity index is 1.69. The van der Waals surface area contributed by atoms with Crippen molar-refractivity contribution in [2.75, 3.05) is 17.2 Å². The van der Waals surface area contributed by atoms with E-state index in [1.165, 1.54) is 30.5 Å². The van der Waals surface area contributed by atoms with Gasteiger partial charge in [-0.15, -0.1) is 0 Å². The smallest absolute Gasteiger partial charge is 0.343 e. The number of para-hydroxylation sites is 1. The second-order valence-corrected chi connectivity index (χ2v) is 7.10. The minimum Gasteiger partial charge on any atom is -0.343 e. The van der Waals surface area contributed by atoms with Crippen molar-refractivity contribution in [1.82, 2.24) is 10.3 Å². The van der Waals surface area contributed by atoms with Crippen LogP contribution in [0.4, 0.5) is 30.4 Å². The van der Waals surface area contributed by atoms with Crippen molar-refractivity contribution in [3.8, 4) is 0 Å². The molecule has 3 rings (SSSR count). The van der Waals surface area contributed by atoms with Crippen LogP contribution in [0.5, 0.6) is 0 Å². The number of amides is 2. The highest BCUT2D eigenvalue weighted by Gasteiger charge is 2.30. The van der Waals surface area contributed by atoms with E-state index in [0.717, 1.165) is 23.3 Å². The third-order valence-electron chi connectivity index (χ3n) is 4.66. The number of alkyl halides is 3. The maximum absolute atomic E-state index is 13.0. The summed E-state index contributed by atoms with van der Waals surface area (Å²) in [6.45, 7) is 3.44. The van der Waals surface area contributed by atoms with Crippen molar-refractivity contribution < 1.29 is 22.8 Å². The van der Waals surface area contributed by atoms with E-state index in [0.29, 0.717) is 5.69 Å². The minimum absolute atomic E-state index is 0.0690. The number of nitrogens with one attached hydrogen (secondary N) is 3. The number of aryl methyl sites for hydroxylation is 2. The molecule has 0 atom stereocenters. The average molecular weight is 442 g/mol. The van der Waals surface area contributed by atoms with Crippen LogP contribution in [0, 0.1) is 13.8 Å². The number of pyridine rings is 1. The molecule has 0 bridgehead atoms. The fraction of sp³-hybridized carbons (Fsp3) is 0.174. The van der Waals surface area contributed by atoms with Crippen LogP contribution >= 0.6 is 0 Å². The molecule has 3 N–H and O–H groups in total. The maximum Gasteiger partial charge on any atom is 0.416 e. The average Bonchev–Trinajstić information content (AvgIpc) is 2.75. The van der Waals surface area contributed by atoms with Crippen LogP contribution in [0.2, 0.25) is 0 Å². The van der Waals surface area contributed by atoms with E-state index >= 15 is 0 Å². The molecule has 0 saturated carbocycles.